The molecule has 5 aromatic rings. The molecular weight excluding hydrogens is 646 g/mol. The lowest BCUT2D eigenvalue weighted by Crippen LogP contribution is -2.30. The van der Waals surface area contributed by atoms with E-state index in [2.05, 4.69) is 31.9 Å². The first kappa shape index (κ1) is 31.5. The van der Waals surface area contributed by atoms with Crippen LogP contribution in [0.1, 0.15) is 32.3 Å². The fourth-order valence-corrected chi connectivity index (χ4v) is 5.98. The Balaban J connectivity index is 1.38. The molecule has 0 bridgehead atoms. The van der Waals surface area contributed by atoms with Gasteiger partial charge in [0.15, 0.2) is 0 Å². The van der Waals surface area contributed by atoms with Crippen molar-refractivity contribution in [3.05, 3.63) is 166 Å². The van der Waals surface area contributed by atoms with Crippen molar-refractivity contribution in [3.8, 4) is 0 Å². The van der Waals surface area contributed by atoms with Gasteiger partial charge in [0.2, 0.25) is 5.91 Å². The topological polar surface area (TPSA) is 87.3 Å². The molecule has 0 saturated heterocycles. The first-order valence-electron chi connectivity index (χ1n) is 14.2. The molecule has 0 radical (unpaired) electrons. The Morgan fingerprint density at radius 2 is 1.42 bits per heavy atom. The van der Waals surface area contributed by atoms with Crippen molar-refractivity contribution in [1.82, 2.24) is 5.32 Å². The monoisotopic (exact) mass is 675 g/mol. The maximum atomic E-state index is 13.6. The van der Waals surface area contributed by atoms with Gasteiger partial charge in [0.25, 0.3) is 11.8 Å². The van der Waals surface area contributed by atoms with Crippen LogP contribution in [0.3, 0.4) is 0 Å². The van der Waals surface area contributed by atoms with Crippen LogP contribution in [0.15, 0.2) is 149 Å². The normalized spacial score (nSPS) is 11.7. The highest BCUT2D eigenvalue weighted by atomic mass is 79.9. The zero-order valence-corrected chi connectivity index (χ0v) is 26.8. The second-order valence-corrected chi connectivity index (χ2v) is 12.2. The summed E-state index contributed by atoms with van der Waals surface area (Å²) in [6.45, 7) is 1.96. The summed E-state index contributed by atoms with van der Waals surface area (Å²) >= 11 is 4.87. The fourth-order valence-electron chi connectivity index (χ4n) is 4.51. The second-order valence-electron chi connectivity index (χ2n) is 10.2. The lowest BCUT2D eigenvalue weighted by atomic mass is 10.1. The molecule has 0 heterocycles. The van der Waals surface area contributed by atoms with Crippen molar-refractivity contribution in [2.24, 2.45) is 0 Å². The average molecular weight is 677 g/mol. The van der Waals surface area contributed by atoms with Gasteiger partial charge < -0.3 is 16.0 Å². The number of thioether (sulfide) groups is 1. The number of rotatable bonds is 10. The van der Waals surface area contributed by atoms with E-state index in [-0.39, 0.29) is 11.6 Å². The van der Waals surface area contributed by atoms with Gasteiger partial charge in [-0.15, -0.1) is 11.8 Å². The number of carbonyl (C=O) groups is 3. The van der Waals surface area contributed by atoms with Gasteiger partial charge in [0.1, 0.15) is 10.9 Å². The van der Waals surface area contributed by atoms with Gasteiger partial charge in [-0.05, 0) is 82.5 Å². The van der Waals surface area contributed by atoms with E-state index in [1.165, 1.54) is 11.8 Å². The number of benzene rings is 5. The zero-order valence-electron chi connectivity index (χ0n) is 24.4. The summed E-state index contributed by atoms with van der Waals surface area (Å²) in [5, 5.41) is 8.16. The summed E-state index contributed by atoms with van der Waals surface area (Å²) in [6.07, 6.45) is 1.65. The third-order valence-corrected chi connectivity index (χ3v) is 8.64. The van der Waals surface area contributed by atoms with Gasteiger partial charge in [-0.3, -0.25) is 14.4 Å². The van der Waals surface area contributed by atoms with Crippen LogP contribution in [0.25, 0.3) is 6.08 Å². The molecule has 0 aliphatic rings. The van der Waals surface area contributed by atoms with Crippen molar-refractivity contribution in [1.29, 1.82) is 0 Å². The SMILES string of the molecule is Cc1cccc(/C=C(/NC(=O)c2ccccc2)C(=O)Nc2cccc(SC(C(=O)Nc3ccccc3Br)c3ccccc3)c2)c1. The van der Waals surface area contributed by atoms with Crippen molar-refractivity contribution >= 4 is 62.9 Å². The molecule has 5 rings (SSSR count). The van der Waals surface area contributed by atoms with E-state index < -0.39 is 17.1 Å². The van der Waals surface area contributed by atoms with Crippen molar-refractivity contribution in [2.75, 3.05) is 10.6 Å². The number of carbonyl (C=O) groups excluding carboxylic acids is 3. The Kier molecular flexibility index (Phi) is 10.6. The number of hydrogen-bond acceptors (Lipinski definition) is 4. The van der Waals surface area contributed by atoms with Gasteiger partial charge in [-0.1, -0.05) is 96.6 Å². The molecule has 0 aromatic heterocycles. The largest absolute Gasteiger partial charge is 0.324 e. The molecule has 0 aliphatic heterocycles. The Labute approximate surface area is 275 Å². The van der Waals surface area contributed by atoms with E-state index in [1.54, 1.807) is 36.4 Å². The maximum Gasteiger partial charge on any atom is 0.272 e. The predicted molar refractivity (Wildman–Crippen MR) is 186 cm³/mol. The number of hydrogen-bond donors (Lipinski definition) is 3. The number of para-hydroxylation sites is 1. The lowest BCUT2D eigenvalue weighted by Gasteiger charge is -2.18. The van der Waals surface area contributed by atoms with Crippen molar-refractivity contribution < 1.29 is 14.4 Å². The van der Waals surface area contributed by atoms with Gasteiger partial charge in [0, 0.05) is 20.6 Å². The van der Waals surface area contributed by atoms with Crippen LogP contribution in [0.5, 0.6) is 0 Å². The summed E-state index contributed by atoms with van der Waals surface area (Å²) in [7, 11) is 0. The molecule has 6 nitrogen and oxygen atoms in total. The zero-order chi connectivity index (χ0) is 31.6. The average Bonchev–Trinajstić information content (AvgIpc) is 3.05. The van der Waals surface area contributed by atoms with Crippen LogP contribution in [-0.2, 0) is 9.59 Å². The molecule has 3 N–H and O–H groups in total. The lowest BCUT2D eigenvalue weighted by molar-refractivity contribution is -0.116. The van der Waals surface area contributed by atoms with E-state index in [1.807, 2.05) is 110 Å². The van der Waals surface area contributed by atoms with Crippen LogP contribution in [-0.4, -0.2) is 17.7 Å². The quantitative estimate of drug-likeness (QED) is 0.102. The summed E-state index contributed by atoms with van der Waals surface area (Å²) in [6, 6.07) is 40.7. The Bertz CT molecular complexity index is 1840. The minimum atomic E-state index is -0.564. The highest BCUT2D eigenvalue weighted by molar-refractivity contribution is 9.10. The number of aryl methyl sites for hydroxylation is 1. The number of anilines is 2. The third-order valence-electron chi connectivity index (χ3n) is 6.70. The molecule has 0 fully saturated rings. The molecule has 5 aromatic carbocycles. The molecule has 3 amide bonds. The van der Waals surface area contributed by atoms with Crippen LogP contribution < -0.4 is 16.0 Å². The molecule has 1 atom stereocenters. The molecule has 1 unspecified atom stereocenters. The highest BCUT2D eigenvalue weighted by Crippen LogP contribution is 2.37. The van der Waals surface area contributed by atoms with Crippen molar-refractivity contribution in [2.45, 2.75) is 17.1 Å². The second kappa shape index (κ2) is 15.2. The van der Waals surface area contributed by atoms with Gasteiger partial charge >= 0.3 is 0 Å². The summed E-state index contributed by atoms with van der Waals surface area (Å²) < 4.78 is 0.786. The number of amides is 3. The van der Waals surface area contributed by atoms with Gasteiger partial charge in [-0.25, -0.2) is 0 Å². The maximum absolute atomic E-state index is 13.6. The first-order valence-corrected chi connectivity index (χ1v) is 15.9. The van der Waals surface area contributed by atoms with Crippen molar-refractivity contribution in [3.63, 3.8) is 0 Å². The molecule has 0 aliphatic carbocycles. The van der Waals surface area contributed by atoms with Crippen LogP contribution in [0.2, 0.25) is 0 Å². The molecule has 0 saturated carbocycles. The first-order chi connectivity index (χ1) is 21.9. The van der Waals surface area contributed by atoms with E-state index in [0.29, 0.717) is 16.9 Å². The molecule has 224 valence electrons. The standard InChI is InChI=1S/C37H30BrN3O3S/c1-25-12-10-13-26(22-25)23-33(41-35(42)28-16-6-3-7-17-28)36(43)39-29-18-11-19-30(24-29)45-34(27-14-4-2-5-15-27)37(44)40-32-21-9-8-20-31(32)38/h2-24,34H,1H3,(H,39,43)(H,40,44)(H,41,42)/b33-23+. The number of halogens is 1. The highest BCUT2D eigenvalue weighted by Gasteiger charge is 2.23. The summed E-state index contributed by atoms with van der Waals surface area (Å²) in [5.41, 5.74) is 4.38. The fraction of sp³-hybridized carbons (Fsp3) is 0.0541. The number of nitrogens with one attached hydrogen (secondary N) is 3. The van der Waals surface area contributed by atoms with E-state index >= 15 is 0 Å². The Morgan fingerprint density at radius 3 is 2.16 bits per heavy atom. The van der Waals surface area contributed by atoms with Crippen LogP contribution >= 0.6 is 27.7 Å². The van der Waals surface area contributed by atoms with Gasteiger partial charge in [0.05, 0.1) is 5.69 Å². The third kappa shape index (κ3) is 8.81. The molecule has 0 spiro atoms. The van der Waals surface area contributed by atoms with Gasteiger partial charge in [-0.2, -0.15) is 0 Å². The molecule has 45 heavy (non-hydrogen) atoms. The predicted octanol–water partition coefficient (Wildman–Crippen LogP) is 8.64. The van der Waals surface area contributed by atoms with E-state index in [0.717, 1.165) is 26.1 Å². The van der Waals surface area contributed by atoms with E-state index in [4.69, 9.17) is 0 Å². The summed E-state index contributed by atoms with van der Waals surface area (Å²) in [5.74, 6) is -1.05. The Hall–Kier alpha value is -4.92. The van der Waals surface area contributed by atoms with E-state index in [9.17, 15) is 14.4 Å². The summed E-state index contributed by atoms with van der Waals surface area (Å²) in [4.78, 5) is 41.0. The minimum absolute atomic E-state index is 0.0995. The van der Waals surface area contributed by atoms with Crippen LogP contribution in [0.4, 0.5) is 11.4 Å². The van der Waals surface area contributed by atoms with Crippen LogP contribution in [0, 0.1) is 6.92 Å². The minimum Gasteiger partial charge on any atom is -0.324 e. The Morgan fingerprint density at radius 1 is 0.733 bits per heavy atom. The smallest absolute Gasteiger partial charge is 0.272 e. The molecule has 8 heteroatoms. The molecular formula is C37H30BrN3O3S.